The van der Waals surface area contributed by atoms with Crippen molar-refractivity contribution in [3.63, 3.8) is 0 Å². The van der Waals surface area contributed by atoms with Crippen LogP contribution in [0.5, 0.6) is 23.0 Å². The summed E-state index contributed by atoms with van der Waals surface area (Å²) < 4.78 is 165. The Morgan fingerprint density at radius 3 is 1.51 bits per heavy atom. The van der Waals surface area contributed by atoms with Crippen molar-refractivity contribution >= 4 is 63.4 Å². The van der Waals surface area contributed by atoms with Gasteiger partial charge in [0.15, 0.2) is 34.4 Å². The van der Waals surface area contributed by atoms with E-state index in [1.54, 1.807) is 60.6 Å². The van der Waals surface area contributed by atoms with E-state index in [1.165, 1.54) is 83.2 Å². The van der Waals surface area contributed by atoms with Crippen molar-refractivity contribution in [3.05, 3.63) is 130 Å². The number of methoxy groups -OCH3 is 1. The van der Waals surface area contributed by atoms with Gasteiger partial charge in [-0.25, -0.2) is 33.1 Å². The maximum atomic E-state index is 14.5. The van der Waals surface area contributed by atoms with Gasteiger partial charge in [0.25, 0.3) is 0 Å². The highest BCUT2D eigenvalue weighted by atomic mass is 127. The zero-order valence-corrected chi connectivity index (χ0v) is 43.8. The molecule has 0 bridgehead atoms. The number of ether oxygens (including phenoxy) is 5. The highest BCUT2D eigenvalue weighted by Crippen LogP contribution is 2.38. The van der Waals surface area contributed by atoms with Gasteiger partial charge >= 0.3 is 30.5 Å². The van der Waals surface area contributed by atoms with Crippen molar-refractivity contribution < 1.29 is 82.0 Å². The first-order chi connectivity index (χ1) is 35.3. The molecule has 4 heterocycles. The van der Waals surface area contributed by atoms with Crippen LogP contribution in [0, 0.1) is 33.9 Å². The lowest BCUT2D eigenvalue weighted by molar-refractivity contribution is -0.133. The molecule has 0 aliphatic heterocycles. The number of benzene rings is 3. The maximum absolute atomic E-state index is 14.5. The Hall–Kier alpha value is -7.32. The molecule has 7 aromatic rings. The van der Waals surface area contributed by atoms with Gasteiger partial charge in [-0.1, -0.05) is 18.2 Å². The number of hydrogen-bond donors (Lipinski definition) is 0. The first-order valence-corrected chi connectivity index (χ1v) is 23.7. The number of aromatic nitrogens is 4. The highest BCUT2D eigenvalue weighted by molar-refractivity contribution is 14.1. The molecule has 0 atom stereocenters. The van der Waals surface area contributed by atoms with Crippen LogP contribution < -0.4 is 19.3 Å². The Kier molecular flexibility index (Phi) is 17.4. The number of hydrogen-bond acceptors (Lipinski definition) is 10. The lowest BCUT2D eigenvalue weighted by Gasteiger charge is -2.28. The van der Waals surface area contributed by atoms with Crippen molar-refractivity contribution in [2.75, 3.05) is 30.0 Å². The topological polar surface area (TPSA) is 138 Å². The van der Waals surface area contributed by atoms with Gasteiger partial charge in [0, 0.05) is 30.8 Å². The molecule has 0 fully saturated rings. The van der Waals surface area contributed by atoms with Crippen LogP contribution in [-0.4, -0.2) is 80.7 Å². The molecule has 0 N–H and O–H groups in total. The van der Waals surface area contributed by atoms with Crippen LogP contribution in [0.2, 0.25) is 0 Å². The lowest BCUT2D eigenvalue weighted by Crippen LogP contribution is -2.39. The van der Waals surface area contributed by atoms with E-state index in [0.717, 1.165) is 21.9 Å². The number of amides is 2. The fraction of sp³-hybridized carbons (Fsp3) is 0.314. The molecule has 7 rings (SSSR count). The standard InChI is InChI=1S/C30H28F5N3O5.C21H19F5IN3O3/c1-17-13-18(9-10-20(17)27(39)41-5)23-15-36-26-22(37(12-11-30(33,34)35)28(40)43-29(2,3)4)14-19(16-38(23)26)42-24-8-6-7-21(31)25(24)32;1-20(2,3)33-19(31)29(8-7-21(24,25)26)14-9-12(11-30-16(27)10-28-18(14)30)32-15-6-4-5-13(22)17(15)23/h6-10,13-16H,11-12H2,1-5H3;4-6,9-11H,7-8H2,1-3H3. The van der Waals surface area contributed by atoms with Gasteiger partial charge in [0.05, 0.1) is 67.4 Å². The molecule has 2 amide bonds. The lowest BCUT2D eigenvalue weighted by atomic mass is 10.0. The van der Waals surface area contributed by atoms with E-state index in [-0.39, 0.29) is 34.2 Å². The molecular weight excluding hydrogens is 1140 g/mol. The first-order valence-electron chi connectivity index (χ1n) is 22.6. The zero-order valence-electron chi connectivity index (χ0n) is 41.6. The number of fused-ring (bicyclic) bond motifs is 2. The van der Waals surface area contributed by atoms with E-state index in [4.69, 9.17) is 23.7 Å². The van der Waals surface area contributed by atoms with Crippen LogP contribution in [0.25, 0.3) is 22.6 Å². The Morgan fingerprint density at radius 2 is 1.08 bits per heavy atom. The summed E-state index contributed by atoms with van der Waals surface area (Å²) >= 11 is 1.92. The second-order valence-electron chi connectivity index (χ2n) is 18.6. The SMILES string of the molecule is CC(C)(C)OC(=O)N(CCC(F)(F)F)c1cc(Oc2cccc(F)c2F)cn2c(I)cnc12.COC(=O)c1ccc(-c2cnc3c(N(CCC(F)(F)F)C(=O)OC(C)(C)C)cc(Oc4cccc(F)c4F)cn23)cc1C. The second kappa shape index (κ2) is 22.9. The van der Waals surface area contributed by atoms with Gasteiger partial charge in [-0.05, 0) is 113 Å². The van der Waals surface area contributed by atoms with Gasteiger partial charge in [-0.2, -0.15) is 35.1 Å². The fourth-order valence-corrected chi connectivity index (χ4v) is 7.56. The van der Waals surface area contributed by atoms with Crippen LogP contribution in [0.3, 0.4) is 0 Å². The molecule has 76 heavy (non-hydrogen) atoms. The van der Waals surface area contributed by atoms with Crippen molar-refractivity contribution in [2.24, 2.45) is 0 Å². The van der Waals surface area contributed by atoms with E-state index in [2.05, 4.69) is 9.97 Å². The molecule has 0 unspecified atom stereocenters. The van der Waals surface area contributed by atoms with Gasteiger partial charge < -0.3 is 23.7 Å². The number of nitrogens with zero attached hydrogens (tertiary/aromatic N) is 6. The van der Waals surface area contributed by atoms with E-state index in [1.807, 2.05) is 22.6 Å². The molecule has 0 saturated heterocycles. The van der Waals surface area contributed by atoms with Crippen LogP contribution in [0.4, 0.5) is 64.9 Å². The molecular formula is C51H47F10IN6O8. The van der Waals surface area contributed by atoms with E-state index in [9.17, 15) is 58.3 Å². The van der Waals surface area contributed by atoms with Crippen molar-refractivity contribution in [3.8, 4) is 34.3 Å². The molecule has 3 aromatic carbocycles. The van der Waals surface area contributed by atoms with Crippen LogP contribution >= 0.6 is 22.6 Å². The number of esters is 1. The molecule has 0 saturated carbocycles. The van der Waals surface area contributed by atoms with Crippen molar-refractivity contribution in [1.82, 2.24) is 18.8 Å². The molecule has 0 aliphatic carbocycles. The molecule has 14 nitrogen and oxygen atoms in total. The van der Waals surface area contributed by atoms with E-state index >= 15 is 0 Å². The molecule has 25 heteroatoms. The molecule has 0 spiro atoms. The van der Waals surface area contributed by atoms with E-state index in [0.29, 0.717) is 26.1 Å². The van der Waals surface area contributed by atoms with Crippen LogP contribution in [0.15, 0.2) is 91.5 Å². The summed E-state index contributed by atoms with van der Waals surface area (Å²) in [6, 6.07) is 13.9. The predicted molar refractivity (Wildman–Crippen MR) is 266 cm³/mol. The van der Waals surface area contributed by atoms with Crippen LogP contribution in [0.1, 0.15) is 70.3 Å². The maximum Gasteiger partial charge on any atom is 0.414 e. The molecule has 0 aliphatic rings. The van der Waals surface area contributed by atoms with Gasteiger partial charge in [-0.15, -0.1) is 0 Å². The van der Waals surface area contributed by atoms with Gasteiger partial charge in [0.2, 0.25) is 11.6 Å². The Balaban J connectivity index is 0.000000255. The molecule has 406 valence electrons. The number of carbonyl (C=O) groups is 3. The Bertz CT molecular complexity index is 3280. The van der Waals surface area contributed by atoms with Gasteiger partial charge in [-0.3, -0.25) is 18.6 Å². The fourth-order valence-electron chi connectivity index (χ4n) is 7.06. The minimum absolute atomic E-state index is 0.0461. The minimum atomic E-state index is -4.62. The third-order valence-corrected chi connectivity index (χ3v) is 11.1. The average Bonchev–Trinajstić information content (AvgIpc) is 3.91. The summed E-state index contributed by atoms with van der Waals surface area (Å²) in [5.74, 6) is -6.51. The number of anilines is 2. The smallest absolute Gasteiger partial charge is 0.414 e. The summed E-state index contributed by atoms with van der Waals surface area (Å²) in [6.07, 6.45) is -8.34. The number of pyridine rings is 2. The average molecular weight is 1190 g/mol. The predicted octanol–water partition coefficient (Wildman–Crippen LogP) is 14.6. The summed E-state index contributed by atoms with van der Waals surface area (Å²) in [6.45, 7) is 9.50. The number of rotatable bonds is 12. The van der Waals surface area contributed by atoms with Crippen LogP contribution in [-0.2, 0) is 14.2 Å². The normalized spacial score (nSPS) is 12.0. The Labute approximate surface area is 441 Å². The first kappa shape index (κ1) is 57.9. The summed E-state index contributed by atoms with van der Waals surface area (Å²) in [5, 5.41) is 0. The summed E-state index contributed by atoms with van der Waals surface area (Å²) in [5.41, 5.74) is -0.215. The quantitative estimate of drug-likeness (QED) is 0.0503. The number of imidazole rings is 2. The highest BCUT2D eigenvalue weighted by Gasteiger charge is 2.35. The summed E-state index contributed by atoms with van der Waals surface area (Å²) in [7, 11) is 1.25. The Morgan fingerprint density at radius 1 is 0.632 bits per heavy atom. The second-order valence-corrected chi connectivity index (χ2v) is 19.7. The van der Waals surface area contributed by atoms with Gasteiger partial charge in [0.1, 0.15) is 26.4 Å². The largest absolute Gasteiger partial charge is 0.465 e. The monoisotopic (exact) mass is 1190 g/mol. The van der Waals surface area contributed by atoms with Crippen molar-refractivity contribution in [2.45, 2.75) is 84.9 Å². The number of halogens is 11. The molecule has 0 radical (unpaired) electrons. The number of carbonyl (C=O) groups excluding carboxylic acids is 3. The summed E-state index contributed by atoms with van der Waals surface area (Å²) in [4.78, 5) is 48.3. The third-order valence-electron chi connectivity index (χ3n) is 10.3. The number of alkyl halides is 6. The van der Waals surface area contributed by atoms with E-state index < -0.39 is 102 Å². The zero-order chi connectivity index (χ0) is 56.2. The minimum Gasteiger partial charge on any atom is -0.465 e. The number of aryl methyl sites for hydroxylation is 1. The third kappa shape index (κ3) is 14.7. The van der Waals surface area contributed by atoms with Crippen molar-refractivity contribution in [1.29, 1.82) is 0 Å². The molecule has 4 aromatic heterocycles.